The van der Waals surface area contributed by atoms with Gasteiger partial charge >= 0.3 is 12.1 Å². The molecule has 4 heterocycles. The summed E-state index contributed by atoms with van der Waals surface area (Å²) in [4.78, 5) is 14.1. The quantitative estimate of drug-likeness (QED) is 0.423. The number of aryl methyl sites for hydroxylation is 1. The molecule has 1 saturated heterocycles. The van der Waals surface area contributed by atoms with Gasteiger partial charge in [-0.15, -0.1) is 0 Å². The molecule has 1 N–H and O–H groups in total. The van der Waals surface area contributed by atoms with Gasteiger partial charge in [0, 0.05) is 61.2 Å². The first-order chi connectivity index (χ1) is 16.8. The number of anilines is 1. The molecule has 0 amide bonds. The Labute approximate surface area is 203 Å². The van der Waals surface area contributed by atoms with Gasteiger partial charge in [0.05, 0.1) is 5.56 Å². The predicted octanol–water partition coefficient (Wildman–Crippen LogP) is 4.16. The minimum absolute atomic E-state index is 0.187. The van der Waals surface area contributed by atoms with E-state index < -0.39 is 12.1 Å². The van der Waals surface area contributed by atoms with Gasteiger partial charge < -0.3 is 19.3 Å². The second kappa shape index (κ2) is 8.20. The molecule has 0 bridgehead atoms. The average molecular weight is 504 g/mol. The Morgan fingerprint density at radius 1 is 1.17 bits per heavy atom. The van der Waals surface area contributed by atoms with Crippen LogP contribution in [0.4, 0.5) is 19.1 Å². The third kappa shape index (κ3) is 4.12. The van der Waals surface area contributed by atoms with Crippen LogP contribution >= 0.6 is 11.6 Å². The van der Waals surface area contributed by atoms with Crippen LogP contribution in [0.5, 0.6) is 0 Å². The predicted molar refractivity (Wildman–Crippen MR) is 123 cm³/mol. The maximum absolute atomic E-state index is 12.7. The maximum Gasteiger partial charge on any atom is 0.471 e. The van der Waals surface area contributed by atoms with Crippen LogP contribution in [-0.2, 0) is 19.8 Å². The van der Waals surface area contributed by atoms with E-state index in [2.05, 4.69) is 45.6 Å². The van der Waals surface area contributed by atoms with E-state index in [1.807, 2.05) is 25.2 Å². The molecule has 3 aromatic heterocycles. The van der Waals surface area contributed by atoms with Gasteiger partial charge in [-0.2, -0.15) is 18.2 Å². The van der Waals surface area contributed by atoms with E-state index in [4.69, 9.17) is 11.6 Å². The topological polar surface area (TPSA) is 84.9 Å². The number of benzene rings is 1. The highest BCUT2D eigenvalue weighted by molar-refractivity contribution is 6.31. The third-order valence-corrected chi connectivity index (χ3v) is 7.18. The number of alkyl halides is 3. The Hall–Kier alpha value is -3.18. The zero-order valence-electron chi connectivity index (χ0n) is 18.6. The summed E-state index contributed by atoms with van der Waals surface area (Å²) in [5.74, 6) is 0.760. The number of nitrogens with zero attached hydrogens (tertiary/aromatic N) is 6. The van der Waals surface area contributed by atoms with Crippen LogP contribution in [0.1, 0.15) is 11.5 Å². The zero-order chi connectivity index (χ0) is 24.3. The Balaban J connectivity index is 1.02. The van der Waals surface area contributed by atoms with Crippen LogP contribution in [0.25, 0.3) is 22.3 Å². The molecule has 2 aliphatic rings. The second-order valence-corrected chi connectivity index (χ2v) is 9.58. The fourth-order valence-electron chi connectivity index (χ4n) is 5.13. The second-order valence-electron chi connectivity index (χ2n) is 9.15. The molecule has 0 spiro atoms. The van der Waals surface area contributed by atoms with Crippen molar-refractivity contribution in [1.82, 2.24) is 30.0 Å². The highest BCUT2D eigenvalue weighted by Gasteiger charge is 2.55. The summed E-state index contributed by atoms with van der Waals surface area (Å²) in [6.45, 7) is 3.45. The molecular formula is C23H21ClF3N7O. The van der Waals surface area contributed by atoms with Crippen molar-refractivity contribution in [2.45, 2.75) is 12.7 Å². The molecule has 1 aromatic carbocycles. The van der Waals surface area contributed by atoms with Crippen LogP contribution in [0, 0.1) is 17.8 Å². The van der Waals surface area contributed by atoms with Crippen molar-refractivity contribution in [3.05, 3.63) is 53.3 Å². The first-order valence-corrected chi connectivity index (χ1v) is 11.6. The minimum atomic E-state index is -4.68. The number of nitrogens with one attached hydrogen (secondary N) is 1. The maximum atomic E-state index is 12.7. The van der Waals surface area contributed by atoms with Crippen molar-refractivity contribution in [2.75, 3.05) is 24.5 Å². The number of hydrogen-bond donors (Lipinski definition) is 1. The molecule has 2 unspecified atom stereocenters. The van der Waals surface area contributed by atoms with Gasteiger partial charge in [-0.1, -0.05) is 16.8 Å². The molecule has 4 aromatic rings. The largest absolute Gasteiger partial charge is 0.471 e. The van der Waals surface area contributed by atoms with Gasteiger partial charge in [-0.25, -0.2) is 9.97 Å². The molecule has 2 atom stereocenters. The van der Waals surface area contributed by atoms with E-state index in [0.29, 0.717) is 23.7 Å². The summed E-state index contributed by atoms with van der Waals surface area (Å²) in [5, 5.41) is 8.88. The van der Waals surface area contributed by atoms with Crippen LogP contribution in [0.2, 0.25) is 5.02 Å². The van der Waals surface area contributed by atoms with Crippen molar-refractivity contribution < 1.29 is 17.7 Å². The van der Waals surface area contributed by atoms with Gasteiger partial charge in [0.15, 0.2) is 0 Å². The highest BCUT2D eigenvalue weighted by atomic mass is 35.5. The molecule has 35 heavy (non-hydrogen) atoms. The van der Waals surface area contributed by atoms with E-state index >= 15 is 0 Å². The summed E-state index contributed by atoms with van der Waals surface area (Å²) in [5.41, 5.74) is 2.67. The lowest BCUT2D eigenvalue weighted by molar-refractivity contribution is -0.159. The van der Waals surface area contributed by atoms with Crippen molar-refractivity contribution in [2.24, 2.45) is 24.8 Å². The van der Waals surface area contributed by atoms with Crippen LogP contribution in [0.15, 0.2) is 41.3 Å². The summed E-state index contributed by atoms with van der Waals surface area (Å²) >= 11 is 6.18. The molecule has 12 heteroatoms. The average Bonchev–Trinajstić information content (AvgIpc) is 3.26. The van der Waals surface area contributed by atoms with Crippen molar-refractivity contribution >= 4 is 28.5 Å². The molecule has 1 saturated carbocycles. The first-order valence-electron chi connectivity index (χ1n) is 11.2. The first kappa shape index (κ1) is 22.3. The SMILES string of the molecule is Cn1cc(CNCC2C3CN(c4ncc(-c5noc(C(F)(F)F)n5)cn4)CC23)c2cc(Cl)ccc21. The summed E-state index contributed by atoms with van der Waals surface area (Å²) in [7, 11) is 2.04. The van der Waals surface area contributed by atoms with Gasteiger partial charge in [0.25, 0.3) is 0 Å². The van der Waals surface area contributed by atoms with Crippen LogP contribution in [-0.4, -0.2) is 44.3 Å². The Morgan fingerprint density at radius 2 is 1.91 bits per heavy atom. The molecule has 8 nitrogen and oxygen atoms in total. The normalized spacial score (nSPS) is 21.6. The van der Waals surface area contributed by atoms with E-state index in [1.165, 1.54) is 23.3 Å². The Kier molecular flexibility index (Phi) is 5.22. The summed E-state index contributed by atoms with van der Waals surface area (Å²) < 4.78 is 44.3. The molecule has 0 radical (unpaired) electrons. The van der Waals surface area contributed by atoms with Gasteiger partial charge in [0.1, 0.15) is 0 Å². The Bertz CT molecular complexity index is 1370. The third-order valence-electron chi connectivity index (χ3n) is 6.95. The minimum Gasteiger partial charge on any atom is -0.350 e. The molecule has 182 valence electrons. The number of fused-ring (bicyclic) bond motifs is 2. The lowest BCUT2D eigenvalue weighted by Gasteiger charge is -2.19. The van der Waals surface area contributed by atoms with Crippen molar-refractivity contribution in [3.63, 3.8) is 0 Å². The lowest BCUT2D eigenvalue weighted by atomic mass is 10.1. The number of aromatic nitrogens is 5. The standard InChI is InChI=1S/C23H21ClF3N7O/c1-33-9-13(15-4-14(24)2-3-19(15)33)5-28-8-16-17-10-34(11-18(16)17)22-29-6-12(7-30-22)20-31-21(35-32-20)23(25,26)27/h2-4,6-7,9,16-18,28H,5,8,10-11H2,1H3. The number of hydrogen-bond acceptors (Lipinski definition) is 7. The number of halogens is 4. The van der Waals surface area contributed by atoms with Gasteiger partial charge in [0.2, 0.25) is 11.8 Å². The summed E-state index contributed by atoms with van der Waals surface area (Å²) in [6, 6.07) is 5.96. The monoisotopic (exact) mass is 503 g/mol. The van der Waals surface area contributed by atoms with E-state index in [-0.39, 0.29) is 11.4 Å². The van der Waals surface area contributed by atoms with Crippen molar-refractivity contribution in [3.8, 4) is 11.4 Å². The van der Waals surface area contributed by atoms with Gasteiger partial charge in [-0.05, 0) is 48.1 Å². The summed E-state index contributed by atoms with van der Waals surface area (Å²) in [6.07, 6.45) is 0.305. The fourth-order valence-corrected chi connectivity index (χ4v) is 5.30. The van der Waals surface area contributed by atoms with Gasteiger partial charge in [-0.3, -0.25) is 0 Å². The van der Waals surface area contributed by atoms with Crippen LogP contribution < -0.4 is 10.2 Å². The smallest absolute Gasteiger partial charge is 0.350 e. The molecule has 1 aliphatic carbocycles. The Morgan fingerprint density at radius 3 is 2.60 bits per heavy atom. The molecule has 1 aliphatic heterocycles. The number of rotatable bonds is 6. The molecule has 2 fully saturated rings. The van der Waals surface area contributed by atoms with E-state index in [1.54, 1.807) is 0 Å². The molecule has 6 rings (SSSR count). The fraction of sp³-hybridized carbons (Fsp3) is 0.391. The van der Waals surface area contributed by atoms with Crippen LogP contribution in [0.3, 0.4) is 0 Å². The lowest BCUT2D eigenvalue weighted by Crippen LogP contribution is -2.28. The highest BCUT2D eigenvalue weighted by Crippen LogP contribution is 2.51. The van der Waals surface area contributed by atoms with E-state index in [0.717, 1.165) is 36.7 Å². The van der Waals surface area contributed by atoms with Crippen molar-refractivity contribution in [1.29, 1.82) is 0 Å². The van der Waals surface area contributed by atoms with E-state index in [9.17, 15) is 13.2 Å². The number of piperidine rings is 1. The molecular weight excluding hydrogens is 483 g/mol. The zero-order valence-corrected chi connectivity index (χ0v) is 19.4.